The first-order chi connectivity index (χ1) is 41.6. The highest BCUT2D eigenvalue weighted by atomic mass is 15.1. The number of hydrogen-bond acceptors (Lipinski definition) is 2. The van der Waals surface area contributed by atoms with Gasteiger partial charge in [-0.3, -0.25) is 0 Å². The van der Waals surface area contributed by atoms with Crippen LogP contribution in [0.3, 0.4) is 0 Å². The van der Waals surface area contributed by atoms with E-state index in [0.29, 0.717) is 0 Å². The van der Waals surface area contributed by atoms with Gasteiger partial charge in [0.25, 0.3) is 0 Å². The highest BCUT2D eigenvalue weighted by molar-refractivity contribution is 6.18. The Hall–Kier alpha value is -11.1. The Morgan fingerprint density at radius 3 is 0.798 bits per heavy atom. The second kappa shape index (κ2) is 23.2. The molecule has 0 bridgehead atoms. The van der Waals surface area contributed by atoms with Crippen LogP contribution in [0.5, 0.6) is 0 Å². The fraction of sp³-hybridized carbons (Fsp3) is 0. The second-order valence-electron chi connectivity index (χ2n) is 21.3. The van der Waals surface area contributed by atoms with Gasteiger partial charge in [0.05, 0.1) is 0 Å². The van der Waals surface area contributed by atoms with Gasteiger partial charge in [0.2, 0.25) is 0 Å². The SMILES string of the molecule is C(=C\c1ccc(N(c2ccc(-c3c(-c4ccccc4)c(-c4ccccc4)c(-c4ccc(N(c5ccc(/C=C/c6ccccc6)cc5)c5ccc6ccccc6c5)cc4)c4ccccc34)cc2)c2ccc3ccccc3c2)cc1)/c1ccccc1. The summed E-state index contributed by atoms with van der Waals surface area (Å²) < 4.78 is 0. The molecule has 84 heavy (non-hydrogen) atoms. The van der Waals surface area contributed by atoms with Crippen molar-refractivity contribution in [1.82, 2.24) is 0 Å². The van der Waals surface area contributed by atoms with Crippen LogP contribution in [0, 0.1) is 0 Å². The average Bonchev–Trinajstić information content (AvgIpc) is 1.97. The smallest absolute Gasteiger partial charge is 0.0468 e. The normalized spacial score (nSPS) is 11.5. The van der Waals surface area contributed by atoms with Gasteiger partial charge in [0.15, 0.2) is 0 Å². The number of benzene rings is 14. The summed E-state index contributed by atoms with van der Waals surface area (Å²) in [5.74, 6) is 0. The zero-order chi connectivity index (χ0) is 56.0. The number of nitrogens with zero attached hydrogens (tertiary/aromatic N) is 2. The molecule has 2 nitrogen and oxygen atoms in total. The van der Waals surface area contributed by atoms with Crippen molar-refractivity contribution in [2.75, 3.05) is 9.80 Å². The molecule has 0 saturated heterocycles. The lowest BCUT2D eigenvalue weighted by atomic mass is 9.79. The molecule has 0 aromatic heterocycles. The second-order valence-corrected chi connectivity index (χ2v) is 21.3. The van der Waals surface area contributed by atoms with E-state index in [2.05, 4.69) is 362 Å². The summed E-state index contributed by atoms with van der Waals surface area (Å²) in [6.45, 7) is 0. The van der Waals surface area contributed by atoms with Crippen LogP contribution in [-0.4, -0.2) is 0 Å². The summed E-state index contributed by atoms with van der Waals surface area (Å²) in [6.07, 6.45) is 8.70. The molecule has 0 radical (unpaired) electrons. The molecular weight excluding hydrogens is 1010 g/mol. The van der Waals surface area contributed by atoms with E-state index in [-0.39, 0.29) is 0 Å². The molecule has 0 unspecified atom stereocenters. The highest BCUT2D eigenvalue weighted by Gasteiger charge is 2.25. The van der Waals surface area contributed by atoms with E-state index in [9.17, 15) is 0 Å². The maximum Gasteiger partial charge on any atom is 0.0468 e. The minimum Gasteiger partial charge on any atom is -0.310 e. The molecule has 14 rings (SSSR count). The number of anilines is 6. The summed E-state index contributed by atoms with van der Waals surface area (Å²) >= 11 is 0. The minimum absolute atomic E-state index is 1.07. The van der Waals surface area contributed by atoms with Crippen LogP contribution in [0.15, 0.2) is 328 Å². The van der Waals surface area contributed by atoms with E-state index >= 15 is 0 Å². The third-order valence-electron chi connectivity index (χ3n) is 16.0. The predicted octanol–water partition coefficient (Wildman–Crippen LogP) is 23.1. The van der Waals surface area contributed by atoms with E-state index in [0.717, 1.165) is 67.5 Å². The van der Waals surface area contributed by atoms with E-state index < -0.39 is 0 Å². The Morgan fingerprint density at radius 1 is 0.179 bits per heavy atom. The number of rotatable bonds is 14. The van der Waals surface area contributed by atoms with Crippen molar-refractivity contribution in [1.29, 1.82) is 0 Å². The summed E-state index contributed by atoms with van der Waals surface area (Å²) in [5.41, 5.74) is 20.5. The zero-order valence-electron chi connectivity index (χ0n) is 46.4. The van der Waals surface area contributed by atoms with E-state index in [1.54, 1.807) is 0 Å². The Kier molecular flexibility index (Phi) is 14.1. The molecule has 0 aliphatic heterocycles. The predicted molar refractivity (Wildman–Crippen MR) is 361 cm³/mol. The maximum atomic E-state index is 2.37. The monoisotopic (exact) mass is 1070 g/mol. The van der Waals surface area contributed by atoms with Crippen molar-refractivity contribution in [3.8, 4) is 44.5 Å². The van der Waals surface area contributed by atoms with Crippen LogP contribution in [0.25, 0.3) is 101 Å². The van der Waals surface area contributed by atoms with E-state index in [4.69, 9.17) is 0 Å². The van der Waals surface area contributed by atoms with Gasteiger partial charge in [-0.15, -0.1) is 0 Å². The molecule has 0 heterocycles. The van der Waals surface area contributed by atoms with Gasteiger partial charge in [-0.2, -0.15) is 0 Å². The molecule has 0 saturated carbocycles. The van der Waals surface area contributed by atoms with Crippen molar-refractivity contribution >= 4 is 90.7 Å². The molecule has 396 valence electrons. The van der Waals surface area contributed by atoms with Crippen molar-refractivity contribution in [2.24, 2.45) is 0 Å². The third-order valence-corrected chi connectivity index (χ3v) is 16.0. The van der Waals surface area contributed by atoms with Crippen molar-refractivity contribution in [3.05, 3.63) is 350 Å². The lowest BCUT2D eigenvalue weighted by Crippen LogP contribution is -2.10. The highest BCUT2D eigenvalue weighted by Crippen LogP contribution is 2.52. The van der Waals surface area contributed by atoms with Gasteiger partial charge in [0.1, 0.15) is 0 Å². The molecule has 0 spiro atoms. The van der Waals surface area contributed by atoms with E-state index in [1.807, 2.05) is 0 Å². The standard InChI is InChI=1S/C82H58N2/c1-5-19-59(20-6-1)33-35-61-37-47-71(48-38-61)83(75-55-41-63-23-13-15-29-69(63)57-75)73-51-43-67(44-52-73)79-77-31-17-18-32-78(77)80(82(66-27-11-4-12-28-66)81(79)65-25-9-3-10-26-65)68-45-53-74(54-46-68)84(76-56-42-64-24-14-16-30-70(64)58-76)72-49-39-62(40-50-72)36-34-60-21-7-2-8-22-60/h1-58H/b35-33+,36-34+. The topological polar surface area (TPSA) is 6.48 Å². The van der Waals surface area contributed by atoms with Crippen LogP contribution in [0.2, 0.25) is 0 Å². The van der Waals surface area contributed by atoms with Crippen molar-refractivity contribution in [2.45, 2.75) is 0 Å². The quantitative estimate of drug-likeness (QED) is 0.100. The van der Waals surface area contributed by atoms with Gasteiger partial charge in [-0.05, 0) is 172 Å². The fourth-order valence-corrected chi connectivity index (χ4v) is 11.9. The molecule has 14 aromatic carbocycles. The first kappa shape index (κ1) is 51.1. The maximum absolute atomic E-state index is 2.37. The van der Waals surface area contributed by atoms with Crippen LogP contribution < -0.4 is 9.80 Å². The molecule has 0 aliphatic carbocycles. The molecule has 0 fully saturated rings. The Bertz CT molecular complexity index is 4350. The third kappa shape index (κ3) is 10.5. The van der Waals surface area contributed by atoms with Crippen LogP contribution >= 0.6 is 0 Å². The largest absolute Gasteiger partial charge is 0.310 e. The molecule has 2 heteroatoms. The summed E-state index contributed by atoms with van der Waals surface area (Å²) in [5, 5.41) is 7.19. The van der Waals surface area contributed by atoms with Gasteiger partial charge in [0, 0.05) is 34.1 Å². The summed E-state index contributed by atoms with van der Waals surface area (Å²) in [7, 11) is 0. The molecule has 0 aliphatic rings. The van der Waals surface area contributed by atoms with Crippen LogP contribution in [0.4, 0.5) is 34.1 Å². The van der Waals surface area contributed by atoms with Gasteiger partial charge < -0.3 is 9.80 Å². The van der Waals surface area contributed by atoms with Gasteiger partial charge >= 0.3 is 0 Å². The van der Waals surface area contributed by atoms with Crippen LogP contribution in [-0.2, 0) is 0 Å². The molecule has 0 N–H and O–H groups in total. The first-order valence-corrected chi connectivity index (χ1v) is 28.8. The van der Waals surface area contributed by atoms with Gasteiger partial charge in [-0.25, -0.2) is 0 Å². The molecular formula is C82H58N2. The summed E-state index contributed by atoms with van der Waals surface area (Å²) in [6, 6.07) is 119. The van der Waals surface area contributed by atoms with Crippen molar-refractivity contribution < 1.29 is 0 Å². The fourth-order valence-electron chi connectivity index (χ4n) is 11.9. The van der Waals surface area contributed by atoms with Crippen molar-refractivity contribution in [3.63, 3.8) is 0 Å². The Labute approximate surface area is 492 Å². The Morgan fingerprint density at radius 2 is 0.440 bits per heavy atom. The number of hydrogen-bond donors (Lipinski definition) is 0. The minimum atomic E-state index is 1.07. The average molecular weight is 1070 g/mol. The van der Waals surface area contributed by atoms with Crippen LogP contribution in [0.1, 0.15) is 22.3 Å². The molecule has 0 atom stereocenters. The van der Waals surface area contributed by atoms with E-state index in [1.165, 1.54) is 65.7 Å². The number of fused-ring (bicyclic) bond motifs is 3. The molecule has 14 aromatic rings. The first-order valence-electron chi connectivity index (χ1n) is 28.8. The lowest BCUT2D eigenvalue weighted by molar-refractivity contribution is 1.29. The Balaban J connectivity index is 0.902. The lowest BCUT2D eigenvalue weighted by Gasteiger charge is -2.28. The summed E-state index contributed by atoms with van der Waals surface area (Å²) in [4.78, 5) is 4.75. The zero-order valence-corrected chi connectivity index (χ0v) is 46.4. The molecule has 0 amide bonds. The van der Waals surface area contributed by atoms with Gasteiger partial charge in [-0.1, -0.05) is 279 Å².